The van der Waals surface area contributed by atoms with Gasteiger partial charge in [-0.1, -0.05) is 65.5 Å². The predicted octanol–water partition coefficient (Wildman–Crippen LogP) is 7.26. The van der Waals surface area contributed by atoms with Crippen LogP contribution in [0, 0.1) is 0 Å². The molecule has 2 rings (SSSR count). The number of rotatable bonds is 9. The third kappa shape index (κ3) is 8.25. The lowest BCUT2D eigenvalue weighted by molar-refractivity contribution is -0.140. The van der Waals surface area contributed by atoms with Crippen LogP contribution < -0.4 is 5.32 Å². The third-order valence-corrected chi connectivity index (χ3v) is 7.17. The van der Waals surface area contributed by atoms with Gasteiger partial charge < -0.3 is 10.2 Å². The van der Waals surface area contributed by atoms with Crippen LogP contribution >= 0.6 is 58.2 Å². The average Bonchev–Trinajstić information content (AvgIpc) is 2.70. The van der Waals surface area contributed by atoms with Crippen LogP contribution in [0.1, 0.15) is 45.2 Å². The van der Waals surface area contributed by atoms with Crippen molar-refractivity contribution in [3.63, 3.8) is 0 Å². The van der Waals surface area contributed by atoms with Gasteiger partial charge in [-0.05, 0) is 57.0 Å². The van der Waals surface area contributed by atoms with Crippen molar-refractivity contribution in [2.45, 2.75) is 58.0 Å². The Morgan fingerprint density at radius 3 is 1.88 bits per heavy atom. The number of thioether (sulfide) groups is 1. The summed E-state index contributed by atoms with van der Waals surface area (Å²) in [6, 6.07) is 9.81. The number of nitrogens with zero attached hydrogens (tertiary/aromatic N) is 1. The lowest BCUT2D eigenvalue weighted by Gasteiger charge is -2.33. The molecule has 2 aromatic carbocycles. The van der Waals surface area contributed by atoms with Gasteiger partial charge in [0.15, 0.2) is 0 Å². The van der Waals surface area contributed by atoms with Gasteiger partial charge in [0, 0.05) is 43.5 Å². The number of carbonyl (C=O) groups excluding carboxylic acids is 2. The number of benzene rings is 2. The number of halogens is 4. The second-order valence-corrected chi connectivity index (χ2v) is 11.2. The van der Waals surface area contributed by atoms with Crippen LogP contribution in [0.15, 0.2) is 36.4 Å². The van der Waals surface area contributed by atoms with Crippen molar-refractivity contribution in [1.82, 2.24) is 10.2 Å². The summed E-state index contributed by atoms with van der Waals surface area (Å²) in [6.45, 7) is 7.70. The number of amides is 2. The molecule has 0 aliphatic heterocycles. The van der Waals surface area contributed by atoms with Gasteiger partial charge in [0.2, 0.25) is 11.8 Å². The fraction of sp³-hybridized carbons (Fsp3) is 0.417. The molecule has 1 N–H and O–H groups in total. The Labute approximate surface area is 220 Å². The smallest absolute Gasteiger partial charge is 0.243 e. The summed E-state index contributed by atoms with van der Waals surface area (Å²) in [7, 11) is 0. The molecule has 4 nitrogen and oxygen atoms in total. The first kappa shape index (κ1) is 28.1. The molecule has 0 unspecified atom stereocenters. The summed E-state index contributed by atoms with van der Waals surface area (Å²) in [6.07, 6.45) is 0.441. The SMILES string of the molecule is CC[C@H](C(=O)NC(C)(C)C)N(Cc1c(Cl)cccc1Cl)C(=O)CSCc1c(Cl)cccc1Cl. The molecule has 33 heavy (non-hydrogen) atoms. The van der Waals surface area contributed by atoms with Crippen molar-refractivity contribution in [2.75, 3.05) is 5.75 Å². The molecule has 0 aliphatic rings. The van der Waals surface area contributed by atoms with Gasteiger partial charge in [0.05, 0.1) is 5.75 Å². The zero-order chi connectivity index (χ0) is 24.8. The number of hydrogen-bond acceptors (Lipinski definition) is 3. The van der Waals surface area contributed by atoms with Crippen molar-refractivity contribution in [3.05, 3.63) is 67.6 Å². The lowest BCUT2D eigenvalue weighted by atomic mass is 10.1. The van der Waals surface area contributed by atoms with Crippen molar-refractivity contribution < 1.29 is 9.59 Å². The maximum atomic E-state index is 13.4. The van der Waals surface area contributed by atoms with Gasteiger partial charge in [0.25, 0.3) is 0 Å². The lowest BCUT2D eigenvalue weighted by Crippen LogP contribution is -2.53. The van der Waals surface area contributed by atoms with Gasteiger partial charge in [-0.2, -0.15) is 0 Å². The highest BCUT2D eigenvalue weighted by atomic mass is 35.5. The Morgan fingerprint density at radius 2 is 1.42 bits per heavy atom. The van der Waals surface area contributed by atoms with Crippen molar-refractivity contribution in [3.8, 4) is 0 Å². The van der Waals surface area contributed by atoms with Gasteiger partial charge in [-0.25, -0.2) is 0 Å². The summed E-state index contributed by atoms with van der Waals surface area (Å²) >= 11 is 26.6. The molecule has 1 atom stereocenters. The fourth-order valence-corrected chi connectivity index (χ4v) is 5.38. The predicted molar refractivity (Wildman–Crippen MR) is 142 cm³/mol. The van der Waals surface area contributed by atoms with Crippen molar-refractivity contribution >= 4 is 70.0 Å². The molecule has 0 aliphatic carbocycles. The summed E-state index contributed by atoms with van der Waals surface area (Å²) < 4.78 is 0. The van der Waals surface area contributed by atoms with Crippen LogP contribution in [0.5, 0.6) is 0 Å². The monoisotopic (exact) mass is 548 g/mol. The molecule has 0 spiro atoms. The van der Waals surface area contributed by atoms with E-state index in [1.54, 1.807) is 41.3 Å². The molecule has 0 fully saturated rings. The highest BCUT2D eigenvalue weighted by Crippen LogP contribution is 2.30. The topological polar surface area (TPSA) is 49.4 Å². The van der Waals surface area contributed by atoms with E-state index in [1.807, 2.05) is 27.7 Å². The molecule has 0 aromatic heterocycles. The Kier molecular flexibility index (Phi) is 10.7. The van der Waals surface area contributed by atoms with Crippen LogP contribution in [0.25, 0.3) is 0 Å². The van der Waals surface area contributed by atoms with E-state index in [9.17, 15) is 9.59 Å². The highest BCUT2D eigenvalue weighted by molar-refractivity contribution is 7.99. The zero-order valence-electron chi connectivity index (χ0n) is 19.1. The minimum atomic E-state index is -0.673. The maximum absolute atomic E-state index is 13.4. The number of carbonyl (C=O) groups is 2. The molecule has 0 heterocycles. The van der Waals surface area contributed by atoms with E-state index in [1.165, 1.54) is 11.8 Å². The Hall–Kier alpha value is -1.11. The number of nitrogens with one attached hydrogen (secondary N) is 1. The third-order valence-electron chi connectivity index (χ3n) is 4.81. The molecule has 0 radical (unpaired) electrons. The molecule has 2 amide bonds. The molecule has 180 valence electrons. The summed E-state index contributed by atoms with van der Waals surface area (Å²) in [5.41, 5.74) is 0.948. The Morgan fingerprint density at radius 1 is 0.939 bits per heavy atom. The number of hydrogen-bond donors (Lipinski definition) is 1. The van der Waals surface area contributed by atoms with Gasteiger partial charge in [-0.3, -0.25) is 9.59 Å². The van der Waals surface area contributed by atoms with Crippen molar-refractivity contribution in [2.24, 2.45) is 0 Å². The van der Waals surface area contributed by atoms with E-state index in [0.29, 0.717) is 37.8 Å². The largest absolute Gasteiger partial charge is 0.350 e. The first-order chi connectivity index (χ1) is 15.4. The van der Waals surface area contributed by atoms with Gasteiger partial charge in [0.1, 0.15) is 6.04 Å². The van der Waals surface area contributed by atoms with Crippen LogP contribution in [0.3, 0.4) is 0 Å². The summed E-state index contributed by atoms with van der Waals surface area (Å²) in [5.74, 6) is 0.189. The van der Waals surface area contributed by atoms with Gasteiger partial charge in [-0.15, -0.1) is 11.8 Å². The van der Waals surface area contributed by atoms with E-state index >= 15 is 0 Å². The minimum Gasteiger partial charge on any atom is -0.350 e. The molecule has 0 saturated carbocycles. The zero-order valence-corrected chi connectivity index (χ0v) is 22.9. The van der Waals surface area contributed by atoms with Crippen LogP contribution in [0.4, 0.5) is 0 Å². The minimum absolute atomic E-state index is 0.126. The van der Waals surface area contributed by atoms with E-state index < -0.39 is 11.6 Å². The molecule has 0 bridgehead atoms. The normalized spacial score (nSPS) is 12.4. The molecular formula is C24H28Cl4N2O2S. The summed E-state index contributed by atoms with van der Waals surface area (Å²) in [4.78, 5) is 28.0. The van der Waals surface area contributed by atoms with Crippen molar-refractivity contribution in [1.29, 1.82) is 0 Å². The first-order valence-electron chi connectivity index (χ1n) is 10.5. The van der Waals surface area contributed by atoms with Crippen LogP contribution in [-0.4, -0.2) is 34.0 Å². The first-order valence-corrected chi connectivity index (χ1v) is 13.2. The standard InChI is InChI=1S/C24H28Cl4N2O2S/c1-5-21(23(32)29-24(2,3)4)30(12-15-17(25)8-6-9-18(15)26)22(31)14-33-13-16-19(27)10-7-11-20(16)28/h6-11,21H,5,12-14H2,1-4H3,(H,29,32)/t21-/m1/s1. The van der Waals surface area contributed by atoms with Crippen LogP contribution in [-0.2, 0) is 21.9 Å². The molecule has 9 heteroatoms. The quantitative estimate of drug-likeness (QED) is 0.358. The molecule has 2 aromatic rings. The van der Waals surface area contributed by atoms with Gasteiger partial charge >= 0.3 is 0 Å². The van der Waals surface area contributed by atoms with E-state index in [0.717, 1.165) is 5.56 Å². The van der Waals surface area contributed by atoms with E-state index in [-0.39, 0.29) is 24.1 Å². The highest BCUT2D eigenvalue weighted by Gasteiger charge is 2.31. The summed E-state index contributed by atoms with van der Waals surface area (Å²) in [5, 5.41) is 4.98. The average molecular weight is 550 g/mol. The second kappa shape index (κ2) is 12.6. The molecule has 0 saturated heterocycles. The molecular weight excluding hydrogens is 522 g/mol. The maximum Gasteiger partial charge on any atom is 0.243 e. The second-order valence-electron chi connectivity index (χ2n) is 8.58. The van der Waals surface area contributed by atoms with Crippen LogP contribution in [0.2, 0.25) is 20.1 Å². The van der Waals surface area contributed by atoms with E-state index in [4.69, 9.17) is 46.4 Å². The Bertz CT molecular complexity index is 954. The fourth-order valence-electron chi connectivity index (χ4n) is 3.22. The van der Waals surface area contributed by atoms with E-state index in [2.05, 4.69) is 5.32 Å². The Balaban J connectivity index is 2.26.